The van der Waals surface area contributed by atoms with E-state index < -0.39 is 0 Å². The Bertz CT molecular complexity index is 468. The molecule has 8 heteroatoms. The minimum atomic E-state index is 0. The lowest BCUT2D eigenvalue weighted by Gasteiger charge is -2.22. The number of hydrogen-bond donors (Lipinski definition) is 1. The normalized spacial score (nSPS) is 11.3. The maximum absolute atomic E-state index is 5.43. The minimum absolute atomic E-state index is 0. The molecular formula is C15H28BrIN4O2. The molecule has 0 fully saturated rings. The average molecular weight is 503 g/mol. The van der Waals surface area contributed by atoms with E-state index in [0.717, 1.165) is 23.5 Å². The second kappa shape index (κ2) is 13.0. The van der Waals surface area contributed by atoms with Crippen molar-refractivity contribution in [2.45, 2.75) is 13.5 Å². The fraction of sp³-hybridized carbons (Fsp3) is 0.667. The number of aryl methyl sites for hydroxylation is 1. The van der Waals surface area contributed by atoms with Crippen LogP contribution in [0.25, 0.3) is 0 Å². The van der Waals surface area contributed by atoms with E-state index in [1.165, 1.54) is 5.69 Å². The maximum atomic E-state index is 5.43. The first-order chi connectivity index (χ1) is 10.6. The number of aliphatic imine (C=N–C) groups is 1. The molecule has 0 atom stereocenters. The van der Waals surface area contributed by atoms with Gasteiger partial charge in [-0.25, -0.2) is 0 Å². The Labute approximate surface area is 164 Å². The number of methoxy groups -OCH3 is 1. The summed E-state index contributed by atoms with van der Waals surface area (Å²) in [4.78, 5) is 6.70. The van der Waals surface area contributed by atoms with Gasteiger partial charge in [-0.3, -0.25) is 4.99 Å². The van der Waals surface area contributed by atoms with Crippen LogP contribution in [0.15, 0.2) is 21.7 Å². The molecule has 0 aliphatic carbocycles. The lowest BCUT2D eigenvalue weighted by atomic mass is 10.4. The molecule has 1 aromatic heterocycles. The predicted molar refractivity (Wildman–Crippen MR) is 109 cm³/mol. The molecule has 6 nitrogen and oxygen atoms in total. The van der Waals surface area contributed by atoms with Gasteiger partial charge in [0.1, 0.15) is 0 Å². The van der Waals surface area contributed by atoms with Gasteiger partial charge in [-0.05, 0) is 28.9 Å². The van der Waals surface area contributed by atoms with Crippen molar-refractivity contribution in [3.63, 3.8) is 0 Å². The lowest BCUT2D eigenvalue weighted by molar-refractivity contribution is 0.0747. The average Bonchev–Trinajstić information content (AvgIpc) is 2.79. The van der Waals surface area contributed by atoms with Gasteiger partial charge in [0, 0.05) is 44.1 Å². The third-order valence-corrected chi connectivity index (χ3v) is 3.53. The van der Waals surface area contributed by atoms with Gasteiger partial charge >= 0.3 is 0 Å². The smallest absolute Gasteiger partial charge is 0.194 e. The fourth-order valence-electron chi connectivity index (χ4n) is 1.97. The van der Waals surface area contributed by atoms with Gasteiger partial charge < -0.3 is 24.3 Å². The molecule has 1 N–H and O–H groups in total. The van der Waals surface area contributed by atoms with E-state index in [1.807, 2.05) is 14.1 Å². The summed E-state index contributed by atoms with van der Waals surface area (Å²) in [5.41, 5.74) is 1.22. The summed E-state index contributed by atoms with van der Waals surface area (Å²) in [6.45, 7) is 6.15. The van der Waals surface area contributed by atoms with Crippen molar-refractivity contribution < 1.29 is 9.47 Å². The van der Waals surface area contributed by atoms with Crippen molar-refractivity contribution in [2.24, 2.45) is 12.0 Å². The van der Waals surface area contributed by atoms with Crippen LogP contribution in [-0.4, -0.2) is 62.5 Å². The van der Waals surface area contributed by atoms with Gasteiger partial charge in [-0.15, -0.1) is 24.0 Å². The SMILES string of the molecule is CCNC(=NCCOCCOC)N(C)Cc1cc(Br)cn1C.I. The number of nitrogens with zero attached hydrogens (tertiary/aromatic N) is 3. The Balaban J connectivity index is 0.00000484. The van der Waals surface area contributed by atoms with Crippen LogP contribution in [0.3, 0.4) is 0 Å². The Kier molecular flexibility index (Phi) is 12.8. The third-order valence-electron chi connectivity index (χ3n) is 3.10. The number of hydrogen-bond acceptors (Lipinski definition) is 3. The molecule has 0 aliphatic rings. The van der Waals surface area contributed by atoms with Crippen molar-refractivity contribution in [2.75, 3.05) is 47.1 Å². The fourth-order valence-corrected chi connectivity index (χ4v) is 2.54. The number of rotatable bonds is 9. The van der Waals surface area contributed by atoms with Crippen LogP contribution >= 0.6 is 39.9 Å². The van der Waals surface area contributed by atoms with Crippen LogP contribution < -0.4 is 5.32 Å². The number of nitrogens with one attached hydrogen (secondary N) is 1. The van der Waals surface area contributed by atoms with Gasteiger partial charge in [-0.2, -0.15) is 0 Å². The molecule has 0 radical (unpaired) electrons. The maximum Gasteiger partial charge on any atom is 0.194 e. The minimum Gasteiger partial charge on any atom is -0.382 e. The zero-order valence-corrected chi connectivity index (χ0v) is 18.3. The molecule has 0 aromatic carbocycles. The molecule has 1 heterocycles. The lowest BCUT2D eigenvalue weighted by Crippen LogP contribution is -2.39. The van der Waals surface area contributed by atoms with Crippen molar-refractivity contribution >= 4 is 45.9 Å². The van der Waals surface area contributed by atoms with E-state index in [2.05, 4.69) is 54.9 Å². The highest BCUT2D eigenvalue weighted by molar-refractivity contribution is 14.0. The van der Waals surface area contributed by atoms with Crippen LogP contribution in [0.4, 0.5) is 0 Å². The highest BCUT2D eigenvalue weighted by atomic mass is 127. The van der Waals surface area contributed by atoms with Gasteiger partial charge in [0.25, 0.3) is 0 Å². The largest absolute Gasteiger partial charge is 0.382 e. The number of halogens is 2. The Hall–Kier alpha value is -0.320. The Morgan fingerprint density at radius 2 is 2.13 bits per heavy atom. The van der Waals surface area contributed by atoms with Crippen LogP contribution in [0.2, 0.25) is 0 Å². The van der Waals surface area contributed by atoms with Crippen molar-refractivity contribution in [3.8, 4) is 0 Å². The van der Waals surface area contributed by atoms with Crippen molar-refractivity contribution in [3.05, 3.63) is 22.4 Å². The molecule has 0 unspecified atom stereocenters. The van der Waals surface area contributed by atoms with Crippen molar-refractivity contribution in [1.29, 1.82) is 0 Å². The monoisotopic (exact) mass is 502 g/mol. The third kappa shape index (κ3) is 8.92. The first-order valence-corrected chi connectivity index (χ1v) is 8.24. The number of guanidine groups is 1. The molecule has 0 spiro atoms. The first kappa shape index (κ1) is 22.7. The molecule has 0 aliphatic heterocycles. The van der Waals surface area contributed by atoms with Gasteiger partial charge in [0.15, 0.2) is 5.96 Å². The summed E-state index contributed by atoms with van der Waals surface area (Å²) in [5, 5.41) is 3.31. The van der Waals surface area contributed by atoms with Crippen LogP contribution in [-0.2, 0) is 23.1 Å². The Morgan fingerprint density at radius 3 is 2.70 bits per heavy atom. The van der Waals surface area contributed by atoms with E-state index in [9.17, 15) is 0 Å². The summed E-state index contributed by atoms with van der Waals surface area (Å²) in [5.74, 6) is 0.884. The molecule has 0 bridgehead atoms. The molecule has 134 valence electrons. The quantitative estimate of drug-likeness (QED) is 0.244. The van der Waals surface area contributed by atoms with E-state index in [0.29, 0.717) is 26.4 Å². The highest BCUT2D eigenvalue weighted by Gasteiger charge is 2.09. The summed E-state index contributed by atoms with van der Waals surface area (Å²) < 4.78 is 13.6. The predicted octanol–water partition coefficient (Wildman–Crippen LogP) is 2.47. The second-order valence-corrected chi connectivity index (χ2v) is 5.87. The molecule has 0 saturated heterocycles. The molecule has 1 rings (SSSR count). The number of aromatic nitrogens is 1. The zero-order valence-electron chi connectivity index (χ0n) is 14.3. The molecule has 0 saturated carbocycles. The second-order valence-electron chi connectivity index (χ2n) is 4.96. The van der Waals surface area contributed by atoms with E-state index >= 15 is 0 Å². The van der Waals surface area contributed by atoms with Gasteiger partial charge in [0.2, 0.25) is 0 Å². The first-order valence-electron chi connectivity index (χ1n) is 7.45. The van der Waals surface area contributed by atoms with Crippen LogP contribution in [0, 0.1) is 0 Å². The summed E-state index contributed by atoms with van der Waals surface area (Å²) in [6, 6.07) is 2.12. The molecule has 23 heavy (non-hydrogen) atoms. The van der Waals surface area contributed by atoms with Crippen LogP contribution in [0.5, 0.6) is 0 Å². The summed E-state index contributed by atoms with van der Waals surface area (Å²) in [6.07, 6.45) is 2.05. The zero-order chi connectivity index (χ0) is 16.4. The topological polar surface area (TPSA) is 51.0 Å². The van der Waals surface area contributed by atoms with Gasteiger partial charge in [0.05, 0.1) is 32.9 Å². The van der Waals surface area contributed by atoms with Crippen molar-refractivity contribution in [1.82, 2.24) is 14.8 Å². The summed E-state index contributed by atoms with van der Waals surface area (Å²) >= 11 is 3.50. The summed E-state index contributed by atoms with van der Waals surface area (Å²) in [7, 11) is 5.75. The standard InChI is InChI=1S/C15H27BrN4O2.HI/c1-5-17-15(18-6-7-22-9-8-21-4)20(3)12-14-10-13(16)11-19(14)2;/h10-11H,5-9,12H2,1-4H3,(H,17,18);1H. The molecule has 0 amide bonds. The van der Waals surface area contributed by atoms with Crippen LogP contribution in [0.1, 0.15) is 12.6 Å². The van der Waals surface area contributed by atoms with E-state index in [-0.39, 0.29) is 24.0 Å². The van der Waals surface area contributed by atoms with E-state index in [4.69, 9.17) is 9.47 Å². The number of ether oxygens (including phenoxy) is 2. The molecule has 1 aromatic rings. The Morgan fingerprint density at radius 1 is 1.39 bits per heavy atom. The van der Waals surface area contributed by atoms with E-state index in [1.54, 1.807) is 7.11 Å². The molecular weight excluding hydrogens is 475 g/mol. The van der Waals surface area contributed by atoms with Gasteiger partial charge in [-0.1, -0.05) is 0 Å². The highest BCUT2D eigenvalue weighted by Crippen LogP contribution is 2.14.